The highest BCUT2D eigenvalue weighted by atomic mass is 16.5. The van der Waals surface area contributed by atoms with E-state index in [1.54, 1.807) is 0 Å². The van der Waals surface area contributed by atoms with Gasteiger partial charge in [-0.05, 0) is 73.1 Å². The van der Waals surface area contributed by atoms with E-state index in [-0.39, 0.29) is 5.97 Å². The highest BCUT2D eigenvalue weighted by Gasteiger charge is 2.05. The summed E-state index contributed by atoms with van der Waals surface area (Å²) in [7, 11) is 0. The van der Waals surface area contributed by atoms with E-state index in [9.17, 15) is 4.79 Å². The summed E-state index contributed by atoms with van der Waals surface area (Å²) in [5, 5.41) is 0. The molecule has 0 saturated carbocycles. The van der Waals surface area contributed by atoms with E-state index in [0.717, 1.165) is 32.1 Å². The van der Waals surface area contributed by atoms with Gasteiger partial charge in [-0.3, -0.25) is 0 Å². The van der Waals surface area contributed by atoms with Gasteiger partial charge in [-0.25, -0.2) is 4.79 Å². The number of allylic oxidation sites excluding steroid dienone is 6. The molecule has 2 nitrogen and oxygen atoms in total. The number of rotatable bonds is 11. The molecule has 0 fully saturated rings. The summed E-state index contributed by atoms with van der Waals surface area (Å²) >= 11 is 0. The fourth-order valence-electron chi connectivity index (χ4n) is 2.17. The van der Waals surface area contributed by atoms with Gasteiger partial charge in [0.1, 0.15) is 0 Å². The number of esters is 1. The largest absolute Gasteiger partial charge is 0.463 e. The standard InChI is InChI=1S/C21H34O2/c1-7-23-21(22)20(6)16-10-15-19(5)14-9-13-18(4)12-8-11-17(2)3/h11,13,15H,6-10,12,14,16H2,1-5H3/b18-13+,19-15+. The molecule has 0 aromatic carbocycles. The van der Waals surface area contributed by atoms with Gasteiger partial charge in [-0.15, -0.1) is 0 Å². The Balaban J connectivity index is 4.00. The first-order chi connectivity index (χ1) is 10.9. The first-order valence-electron chi connectivity index (χ1n) is 8.66. The molecule has 0 saturated heterocycles. The smallest absolute Gasteiger partial charge is 0.333 e. The normalized spacial score (nSPS) is 12.0. The predicted octanol–water partition coefficient (Wildman–Crippen LogP) is 6.31. The van der Waals surface area contributed by atoms with E-state index in [4.69, 9.17) is 4.74 Å². The minimum Gasteiger partial charge on any atom is -0.463 e. The zero-order chi connectivity index (χ0) is 17.7. The Morgan fingerprint density at radius 2 is 1.35 bits per heavy atom. The van der Waals surface area contributed by atoms with Crippen LogP contribution in [0.15, 0.2) is 47.1 Å². The van der Waals surface area contributed by atoms with E-state index < -0.39 is 0 Å². The Morgan fingerprint density at radius 3 is 1.83 bits per heavy atom. The van der Waals surface area contributed by atoms with E-state index in [1.165, 1.54) is 16.7 Å². The molecule has 0 aliphatic rings. The molecule has 130 valence electrons. The van der Waals surface area contributed by atoms with Gasteiger partial charge in [0.25, 0.3) is 0 Å². The molecule has 0 heterocycles. The maximum absolute atomic E-state index is 11.4. The lowest BCUT2D eigenvalue weighted by Crippen LogP contribution is -2.06. The van der Waals surface area contributed by atoms with Crippen molar-refractivity contribution < 1.29 is 9.53 Å². The highest BCUT2D eigenvalue weighted by molar-refractivity contribution is 5.87. The molecule has 0 aliphatic heterocycles. The average Bonchev–Trinajstić information content (AvgIpc) is 2.46. The number of hydrogen-bond acceptors (Lipinski definition) is 2. The summed E-state index contributed by atoms with van der Waals surface area (Å²) in [5.74, 6) is -0.270. The van der Waals surface area contributed by atoms with Crippen molar-refractivity contribution in [3.8, 4) is 0 Å². The molecule has 0 aromatic heterocycles. The van der Waals surface area contributed by atoms with E-state index in [1.807, 2.05) is 6.92 Å². The van der Waals surface area contributed by atoms with Crippen LogP contribution >= 0.6 is 0 Å². The van der Waals surface area contributed by atoms with Crippen molar-refractivity contribution in [2.24, 2.45) is 0 Å². The van der Waals surface area contributed by atoms with Crippen LogP contribution in [-0.4, -0.2) is 12.6 Å². The fraction of sp³-hybridized carbons (Fsp3) is 0.571. The molecule has 0 amide bonds. The van der Waals surface area contributed by atoms with Crippen molar-refractivity contribution in [2.75, 3.05) is 6.61 Å². The zero-order valence-electron chi connectivity index (χ0n) is 15.7. The van der Waals surface area contributed by atoms with Crippen LogP contribution in [0, 0.1) is 0 Å². The van der Waals surface area contributed by atoms with Gasteiger partial charge in [-0.1, -0.05) is 41.5 Å². The van der Waals surface area contributed by atoms with Crippen molar-refractivity contribution in [3.63, 3.8) is 0 Å². The summed E-state index contributed by atoms with van der Waals surface area (Å²) in [4.78, 5) is 11.4. The lowest BCUT2D eigenvalue weighted by molar-refractivity contribution is -0.138. The third-order valence-electron chi connectivity index (χ3n) is 3.63. The summed E-state index contributed by atoms with van der Waals surface area (Å²) in [6, 6.07) is 0. The molecule has 0 radical (unpaired) electrons. The molecule has 0 aromatic rings. The van der Waals surface area contributed by atoms with Crippen LogP contribution in [0.3, 0.4) is 0 Å². The average molecular weight is 319 g/mol. The number of ether oxygens (including phenoxy) is 1. The highest BCUT2D eigenvalue weighted by Crippen LogP contribution is 2.13. The molecule has 0 atom stereocenters. The van der Waals surface area contributed by atoms with E-state index in [2.05, 4.69) is 52.5 Å². The van der Waals surface area contributed by atoms with Crippen molar-refractivity contribution in [2.45, 2.75) is 73.1 Å². The van der Waals surface area contributed by atoms with Crippen LogP contribution < -0.4 is 0 Å². The summed E-state index contributed by atoms with van der Waals surface area (Å²) < 4.78 is 4.93. The van der Waals surface area contributed by atoms with Gasteiger partial charge in [0.15, 0.2) is 0 Å². The Labute approximate surface area is 143 Å². The minimum absolute atomic E-state index is 0.270. The van der Waals surface area contributed by atoms with Gasteiger partial charge in [0, 0.05) is 5.57 Å². The van der Waals surface area contributed by atoms with Crippen LogP contribution in [0.5, 0.6) is 0 Å². The Kier molecular flexibility index (Phi) is 12.0. The van der Waals surface area contributed by atoms with Crippen molar-refractivity contribution >= 4 is 5.97 Å². The predicted molar refractivity (Wildman–Crippen MR) is 100 cm³/mol. The van der Waals surface area contributed by atoms with Gasteiger partial charge in [-0.2, -0.15) is 0 Å². The summed E-state index contributed by atoms with van der Waals surface area (Å²) in [5.41, 5.74) is 4.79. The second-order valence-electron chi connectivity index (χ2n) is 6.32. The van der Waals surface area contributed by atoms with Gasteiger partial charge in [0.05, 0.1) is 6.61 Å². The fourth-order valence-corrected chi connectivity index (χ4v) is 2.17. The van der Waals surface area contributed by atoms with Crippen LogP contribution in [0.1, 0.15) is 73.1 Å². The molecule has 0 unspecified atom stereocenters. The monoisotopic (exact) mass is 318 g/mol. The molecule has 0 spiro atoms. The van der Waals surface area contributed by atoms with Gasteiger partial charge in [0.2, 0.25) is 0 Å². The molecule has 23 heavy (non-hydrogen) atoms. The lowest BCUT2D eigenvalue weighted by atomic mass is 10.0. The van der Waals surface area contributed by atoms with E-state index >= 15 is 0 Å². The third kappa shape index (κ3) is 12.6. The van der Waals surface area contributed by atoms with Crippen LogP contribution in [0.4, 0.5) is 0 Å². The maximum atomic E-state index is 11.4. The Hall–Kier alpha value is -1.57. The molecular formula is C21H34O2. The minimum atomic E-state index is -0.270. The summed E-state index contributed by atoms with van der Waals surface area (Å²) in [6.45, 7) is 14.6. The van der Waals surface area contributed by atoms with E-state index in [0.29, 0.717) is 18.6 Å². The third-order valence-corrected chi connectivity index (χ3v) is 3.63. The van der Waals surface area contributed by atoms with Crippen molar-refractivity contribution in [3.05, 3.63) is 47.1 Å². The first-order valence-corrected chi connectivity index (χ1v) is 8.66. The van der Waals surface area contributed by atoms with Crippen LogP contribution in [0.25, 0.3) is 0 Å². The second-order valence-corrected chi connectivity index (χ2v) is 6.32. The number of carbonyl (C=O) groups excluding carboxylic acids is 1. The first kappa shape index (κ1) is 21.4. The van der Waals surface area contributed by atoms with Crippen molar-refractivity contribution in [1.29, 1.82) is 0 Å². The Morgan fingerprint density at radius 1 is 0.870 bits per heavy atom. The molecular weight excluding hydrogens is 284 g/mol. The number of hydrogen-bond donors (Lipinski definition) is 0. The lowest BCUT2D eigenvalue weighted by Gasteiger charge is -2.04. The topological polar surface area (TPSA) is 26.3 Å². The van der Waals surface area contributed by atoms with Crippen LogP contribution in [-0.2, 0) is 9.53 Å². The molecule has 0 aliphatic carbocycles. The second kappa shape index (κ2) is 12.9. The quantitative estimate of drug-likeness (QED) is 0.254. The van der Waals surface area contributed by atoms with Crippen molar-refractivity contribution in [1.82, 2.24) is 0 Å². The molecule has 2 heteroatoms. The summed E-state index contributed by atoms with van der Waals surface area (Å²) in [6.07, 6.45) is 12.8. The van der Waals surface area contributed by atoms with Gasteiger partial charge < -0.3 is 4.74 Å². The maximum Gasteiger partial charge on any atom is 0.333 e. The Bertz CT molecular complexity index is 460. The van der Waals surface area contributed by atoms with Crippen LogP contribution in [0.2, 0.25) is 0 Å². The van der Waals surface area contributed by atoms with Gasteiger partial charge >= 0.3 is 5.97 Å². The molecule has 0 bridgehead atoms. The SMILES string of the molecule is C=C(CC/C=C(\C)CC/C=C(\C)CCC=C(C)C)C(=O)OCC. The molecule has 0 N–H and O–H groups in total. The number of carbonyl (C=O) groups is 1. The zero-order valence-corrected chi connectivity index (χ0v) is 15.7. The molecule has 0 rings (SSSR count).